The molecule has 1 aliphatic rings. The molecule has 0 heterocycles. The minimum Gasteiger partial charge on any atom is -0.550 e. The first kappa shape index (κ1) is 13.6. The number of carbonyl (C=O) groups excluding carboxylic acids is 2. The number of aliphatic carboxylic acids is 1. The number of amides is 1. The molecule has 0 spiro atoms. The van der Waals surface area contributed by atoms with Crippen LogP contribution in [-0.4, -0.2) is 11.9 Å². The molecule has 1 amide bonds. The number of rotatable bonds is 3. The zero-order valence-electron chi connectivity index (χ0n) is 10.1. The smallest absolute Gasteiger partial charge is 0.228 e. The molecule has 100 valence electrons. The van der Waals surface area contributed by atoms with Crippen molar-refractivity contribution < 1.29 is 14.7 Å². The van der Waals surface area contributed by atoms with E-state index in [1.165, 1.54) is 0 Å². The van der Waals surface area contributed by atoms with Gasteiger partial charge in [0.1, 0.15) is 0 Å². The molecule has 0 unspecified atom stereocenters. The molecule has 19 heavy (non-hydrogen) atoms. The number of anilines is 1. The molecule has 0 aliphatic heterocycles. The summed E-state index contributed by atoms with van der Waals surface area (Å²) >= 11 is 5.83. The Labute approximate surface area is 116 Å². The molecule has 0 bridgehead atoms. The number of halogens is 1. The lowest BCUT2D eigenvalue weighted by Crippen LogP contribution is -2.41. The van der Waals surface area contributed by atoms with Crippen LogP contribution in [0.1, 0.15) is 12.8 Å². The van der Waals surface area contributed by atoms with Gasteiger partial charge in [0, 0.05) is 22.6 Å². The van der Waals surface area contributed by atoms with E-state index >= 15 is 0 Å². The van der Waals surface area contributed by atoms with Crippen molar-refractivity contribution in [2.24, 2.45) is 11.8 Å². The minimum atomic E-state index is -1.18. The molecule has 0 fully saturated rings. The zero-order chi connectivity index (χ0) is 13.8. The van der Waals surface area contributed by atoms with Gasteiger partial charge in [0.2, 0.25) is 5.91 Å². The molecule has 0 saturated carbocycles. The first-order chi connectivity index (χ1) is 9.08. The molecule has 0 saturated heterocycles. The number of benzene rings is 1. The third-order valence-electron chi connectivity index (χ3n) is 3.16. The quantitative estimate of drug-likeness (QED) is 0.854. The molecule has 1 aromatic rings. The van der Waals surface area contributed by atoms with Gasteiger partial charge in [0.15, 0.2) is 0 Å². The molecular weight excluding hydrogens is 266 g/mol. The van der Waals surface area contributed by atoms with Crippen LogP contribution in [-0.2, 0) is 9.59 Å². The van der Waals surface area contributed by atoms with E-state index in [1.807, 2.05) is 6.08 Å². The lowest BCUT2D eigenvalue weighted by molar-refractivity contribution is -0.313. The van der Waals surface area contributed by atoms with Crippen molar-refractivity contribution in [3.63, 3.8) is 0 Å². The Morgan fingerprint density at radius 3 is 2.53 bits per heavy atom. The maximum atomic E-state index is 12.1. The van der Waals surface area contributed by atoms with Crippen LogP contribution in [0.25, 0.3) is 0 Å². The van der Waals surface area contributed by atoms with Gasteiger partial charge in [0.25, 0.3) is 0 Å². The van der Waals surface area contributed by atoms with E-state index in [0.29, 0.717) is 23.6 Å². The molecule has 0 aromatic heterocycles. The van der Waals surface area contributed by atoms with Crippen LogP contribution in [0.2, 0.25) is 5.02 Å². The molecule has 0 radical (unpaired) electrons. The van der Waals surface area contributed by atoms with Crippen LogP contribution in [0.15, 0.2) is 36.4 Å². The van der Waals surface area contributed by atoms with Crippen molar-refractivity contribution in [2.75, 3.05) is 5.32 Å². The Kier molecular flexibility index (Phi) is 4.22. The summed E-state index contributed by atoms with van der Waals surface area (Å²) in [5.74, 6) is -2.88. The number of hydrogen-bond acceptors (Lipinski definition) is 3. The zero-order valence-corrected chi connectivity index (χ0v) is 10.9. The van der Waals surface area contributed by atoms with Crippen LogP contribution in [0.4, 0.5) is 5.69 Å². The average Bonchev–Trinajstić information content (AvgIpc) is 2.38. The van der Waals surface area contributed by atoms with Gasteiger partial charge in [-0.2, -0.15) is 0 Å². The van der Waals surface area contributed by atoms with Crippen LogP contribution in [0, 0.1) is 11.8 Å². The van der Waals surface area contributed by atoms with Gasteiger partial charge in [-0.1, -0.05) is 29.8 Å². The van der Waals surface area contributed by atoms with Gasteiger partial charge in [0.05, 0.1) is 5.92 Å². The van der Waals surface area contributed by atoms with Gasteiger partial charge in [-0.25, -0.2) is 0 Å². The lowest BCUT2D eigenvalue weighted by Gasteiger charge is -2.28. The molecule has 5 heteroatoms. The van der Waals surface area contributed by atoms with Gasteiger partial charge in [-0.3, -0.25) is 4.79 Å². The summed E-state index contributed by atoms with van der Waals surface area (Å²) < 4.78 is 0. The Balaban J connectivity index is 2.10. The van der Waals surface area contributed by atoms with E-state index in [9.17, 15) is 14.7 Å². The number of carboxylic acid groups (broad SMARTS) is 1. The second-order valence-corrected chi connectivity index (χ2v) is 4.91. The summed E-state index contributed by atoms with van der Waals surface area (Å²) in [4.78, 5) is 23.1. The maximum absolute atomic E-state index is 12.1. The van der Waals surface area contributed by atoms with E-state index in [-0.39, 0.29) is 5.91 Å². The van der Waals surface area contributed by atoms with Crippen LogP contribution in [0.5, 0.6) is 0 Å². The Hall–Kier alpha value is -1.81. The lowest BCUT2D eigenvalue weighted by atomic mass is 9.82. The summed E-state index contributed by atoms with van der Waals surface area (Å²) in [6.45, 7) is 0. The number of nitrogens with one attached hydrogen (secondary N) is 1. The summed E-state index contributed by atoms with van der Waals surface area (Å²) in [7, 11) is 0. The standard InChI is InChI=1S/C14H14ClNO3/c15-9-4-3-5-10(8-9)16-13(17)11-6-1-2-7-12(11)14(18)19/h1-5,8,11-12H,6-7H2,(H,16,17)(H,18,19)/p-1/t11-,12-/m1/s1. The summed E-state index contributed by atoms with van der Waals surface area (Å²) in [6, 6.07) is 6.74. The largest absolute Gasteiger partial charge is 0.550 e. The van der Waals surface area contributed by atoms with E-state index in [0.717, 1.165) is 0 Å². The number of carboxylic acids is 1. The Bertz CT molecular complexity index is 527. The highest BCUT2D eigenvalue weighted by atomic mass is 35.5. The highest BCUT2D eigenvalue weighted by Crippen LogP contribution is 2.27. The van der Waals surface area contributed by atoms with Gasteiger partial charge >= 0.3 is 0 Å². The first-order valence-corrected chi connectivity index (χ1v) is 6.38. The van der Waals surface area contributed by atoms with E-state index in [2.05, 4.69) is 5.32 Å². The van der Waals surface area contributed by atoms with Crippen molar-refractivity contribution in [2.45, 2.75) is 12.8 Å². The maximum Gasteiger partial charge on any atom is 0.228 e. The molecule has 1 aliphatic carbocycles. The van der Waals surface area contributed by atoms with E-state index in [4.69, 9.17) is 11.6 Å². The van der Waals surface area contributed by atoms with Crippen molar-refractivity contribution >= 4 is 29.2 Å². The van der Waals surface area contributed by atoms with E-state index in [1.54, 1.807) is 30.3 Å². The predicted molar refractivity (Wildman–Crippen MR) is 70.4 cm³/mol. The van der Waals surface area contributed by atoms with Crippen LogP contribution >= 0.6 is 11.6 Å². The third kappa shape index (κ3) is 3.35. The molecule has 1 N–H and O–H groups in total. The van der Waals surface area contributed by atoms with E-state index < -0.39 is 17.8 Å². The summed E-state index contributed by atoms with van der Waals surface area (Å²) in [5.41, 5.74) is 0.559. The third-order valence-corrected chi connectivity index (χ3v) is 3.40. The molecular formula is C14H13ClNO3-. The average molecular weight is 279 g/mol. The first-order valence-electron chi connectivity index (χ1n) is 6.00. The monoisotopic (exact) mass is 278 g/mol. The van der Waals surface area contributed by atoms with Gasteiger partial charge < -0.3 is 15.2 Å². The Morgan fingerprint density at radius 2 is 1.89 bits per heavy atom. The summed E-state index contributed by atoms with van der Waals surface area (Å²) in [6.07, 6.45) is 4.33. The van der Waals surface area contributed by atoms with Crippen LogP contribution in [0.3, 0.4) is 0 Å². The normalized spacial score (nSPS) is 21.9. The molecule has 1 aromatic carbocycles. The van der Waals surface area contributed by atoms with Crippen molar-refractivity contribution in [3.8, 4) is 0 Å². The summed E-state index contributed by atoms with van der Waals surface area (Å²) in [5, 5.41) is 14.2. The fraction of sp³-hybridized carbons (Fsp3) is 0.286. The van der Waals surface area contributed by atoms with Crippen molar-refractivity contribution in [1.82, 2.24) is 0 Å². The Morgan fingerprint density at radius 1 is 1.21 bits per heavy atom. The molecule has 2 atom stereocenters. The van der Waals surface area contributed by atoms with Gasteiger partial charge in [-0.05, 0) is 31.0 Å². The SMILES string of the molecule is O=C([O-])[C@@H]1CC=CC[C@H]1C(=O)Nc1cccc(Cl)c1. The highest BCUT2D eigenvalue weighted by Gasteiger charge is 2.29. The number of hydrogen-bond donors (Lipinski definition) is 1. The number of carbonyl (C=O) groups is 2. The van der Waals surface area contributed by atoms with Crippen molar-refractivity contribution in [3.05, 3.63) is 41.4 Å². The molecule has 4 nitrogen and oxygen atoms in total. The van der Waals surface area contributed by atoms with Gasteiger partial charge in [-0.15, -0.1) is 0 Å². The molecule has 2 rings (SSSR count). The van der Waals surface area contributed by atoms with Crippen molar-refractivity contribution in [1.29, 1.82) is 0 Å². The number of allylic oxidation sites excluding steroid dienone is 2. The second-order valence-electron chi connectivity index (χ2n) is 4.47. The minimum absolute atomic E-state index is 0.319. The highest BCUT2D eigenvalue weighted by molar-refractivity contribution is 6.30. The second kappa shape index (κ2) is 5.89. The predicted octanol–water partition coefficient (Wildman–Crippen LogP) is 1.61. The van der Waals surface area contributed by atoms with Crippen LogP contribution < -0.4 is 10.4 Å². The fourth-order valence-electron chi connectivity index (χ4n) is 2.17. The fourth-order valence-corrected chi connectivity index (χ4v) is 2.36. The topological polar surface area (TPSA) is 69.2 Å².